The van der Waals surface area contributed by atoms with Gasteiger partial charge in [0.2, 0.25) is 0 Å². The molecule has 0 radical (unpaired) electrons. The minimum atomic E-state index is 0.763. The van der Waals surface area contributed by atoms with Gasteiger partial charge < -0.3 is 15.5 Å². The number of pyridine rings is 1. The van der Waals surface area contributed by atoms with E-state index < -0.39 is 0 Å². The first kappa shape index (κ1) is 13.1. The Labute approximate surface area is 110 Å². The van der Waals surface area contributed by atoms with E-state index in [1.807, 2.05) is 12.3 Å². The first-order valence-electron chi connectivity index (χ1n) is 6.90. The molecule has 1 aliphatic heterocycles. The molecule has 2 N–H and O–H groups in total. The summed E-state index contributed by atoms with van der Waals surface area (Å²) in [7, 11) is 2.21. The van der Waals surface area contributed by atoms with Crippen molar-refractivity contribution in [1.29, 1.82) is 0 Å². The zero-order valence-electron chi connectivity index (χ0n) is 11.4. The highest BCUT2D eigenvalue weighted by Crippen LogP contribution is 2.17. The SMILES string of the molecule is CCNc1cc(NCC2CCCN(C)C2)ccn1. The lowest BCUT2D eigenvalue weighted by molar-refractivity contribution is 0.217. The monoisotopic (exact) mass is 248 g/mol. The van der Waals surface area contributed by atoms with Crippen molar-refractivity contribution in [2.24, 2.45) is 5.92 Å². The van der Waals surface area contributed by atoms with E-state index in [1.54, 1.807) is 0 Å². The molecule has 0 amide bonds. The van der Waals surface area contributed by atoms with Gasteiger partial charge in [0.05, 0.1) is 0 Å². The molecule has 0 aromatic carbocycles. The highest BCUT2D eigenvalue weighted by Gasteiger charge is 2.16. The van der Waals surface area contributed by atoms with Crippen LogP contribution >= 0.6 is 0 Å². The lowest BCUT2D eigenvalue weighted by Gasteiger charge is -2.30. The van der Waals surface area contributed by atoms with Crippen molar-refractivity contribution in [2.75, 3.05) is 43.9 Å². The van der Waals surface area contributed by atoms with E-state index in [9.17, 15) is 0 Å². The van der Waals surface area contributed by atoms with Gasteiger partial charge in [-0.05, 0) is 45.3 Å². The van der Waals surface area contributed by atoms with Crippen molar-refractivity contribution < 1.29 is 0 Å². The highest BCUT2D eigenvalue weighted by molar-refractivity contribution is 5.51. The minimum absolute atomic E-state index is 0.763. The lowest BCUT2D eigenvalue weighted by Crippen LogP contribution is -2.35. The van der Waals surface area contributed by atoms with Crippen molar-refractivity contribution in [3.63, 3.8) is 0 Å². The summed E-state index contributed by atoms with van der Waals surface area (Å²) >= 11 is 0. The number of nitrogens with zero attached hydrogens (tertiary/aromatic N) is 2. The Morgan fingerprint density at radius 1 is 1.44 bits per heavy atom. The summed E-state index contributed by atoms with van der Waals surface area (Å²) in [6.07, 6.45) is 4.51. The van der Waals surface area contributed by atoms with Crippen LogP contribution in [0.1, 0.15) is 19.8 Å². The highest BCUT2D eigenvalue weighted by atomic mass is 15.1. The van der Waals surface area contributed by atoms with Crippen LogP contribution in [0.15, 0.2) is 18.3 Å². The van der Waals surface area contributed by atoms with Gasteiger partial charge in [-0.25, -0.2) is 4.98 Å². The fourth-order valence-electron chi connectivity index (χ4n) is 2.52. The van der Waals surface area contributed by atoms with Gasteiger partial charge in [0.1, 0.15) is 5.82 Å². The molecule has 1 aliphatic rings. The average molecular weight is 248 g/mol. The molecule has 4 nitrogen and oxygen atoms in total. The van der Waals surface area contributed by atoms with Gasteiger partial charge in [0, 0.05) is 37.6 Å². The molecule has 2 rings (SSSR count). The first-order valence-corrected chi connectivity index (χ1v) is 6.90. The van der Waals surface area contributed by atoms with Crippen LogP contribution in [0.2, 0.25) is 0 Å². The number of likely N-dealkylation sites (tertiary alicyclic amines) is 1. The van der Waals surface area contributed by atoms with Crippen LogP contribution in [0.5, 0.6) is 0 Å². The molecule has 0 spiro atoms. The number of anilines is 2. The van der Waals surface area contributed by atoms with Crippen molar-refractivity contribution >= 4 is 11.5 Å². The fourth-order valence-corrected chi connectivity index (χ4v) is 2.52. The molecule has 0 bridgehead atoms. The minimum Gasteiger partial charge on any atom is -0.385 e. The van der Waals surface area contributed by atoms with Gasteiger partial charge in [-0.2, -0.15) is 0 Å². The van der Waals surface area contributed by atoms with E-state index in [0.717, 1.165) is 30.5 Å². The Kier molecular flexibility index (Phi) is 4.81. The molecule has 1 aromatic rings. The zero-order chi connectivity index (χ0) is 12.8. The second kappa shape index (κ2) is 6.59. The summed E-state index contributed by atoms with van der Waals surface area (Å²) in [5, 5.41) is 6.76. The second-order valence-electron chi connectivity index (χ2n) is 5.11. The number of aromatic nitrogens is 1. The number of hydrogen-bond donors (Lipinski definition) is 2. The molecule has 0 saturated carbocycles. The van der Waals surface area contributed by atoms with E-state index in [4.69, 9.17) is 0 Å². The van der Waals surface area contributed by atoms with Gasteiger partial charge in [-0.3, -0.25) is 0 Å². The summed E-state index contributed by atoms with van der Waals surface area (Å²) in [5.41, 5.74) is 1.16. The van der Waals surface area contributed by atoms with Crippen LogP contribution in [0, 0.1) is 5.92 Å². The van der Waals surface area contributed by atoms with Crippen LogP contribution < -0.4 is 10.6 Å². The Hall–Kier alpha value is -1.29. The molecule has 1 saturated heterocycles. The number of nitrogens with one attached hydrogen (secondary N) is 2. The summed E-state index contributed by atoms with van der Waals surface area (Å²) < 4.78 is 0. The number of hydrogen-bond acceptors (Lipinski definition) is 4. The van der Waals surface area contributed by atoms with E-state index in [0.29, 0.717) is 0 Å². The predicted octanol–water partition coefficient (Wildman–Crippen LogP) is 2.27. The van der Waals surface area contributed by atoms with E-state index in [2.05, 4.69) is 40.6 Å². The fraction of sp³-hybridized carbons (Fsp3) is 0.643. The van der Waals surface area contributed by atoms with Crippen LogP contribution in [0.3, 0.4) is 0 Å². The topological polar surface area (TPSA) is 40.2 Å². The maximum atomic E-state index is 4.28. The summed E-state index contributed by atoms with van der Waals surface area (Å²) in [6.45, 7) is 6.50. The van der Waals surface area contributed by atoms with Crippen molar-refractivity contribution in [3.05, 3.63) is 18.3 Å². The Bertz CT molecular complexity index is 367. The summed E-state index contributed by atoms with van der Waals surface area (Å²) in [6, 6.07) is 4.11. The number of piperidine rings is 1. The van der Waals surface area contributed by atoms with E-state index in [1.165, 1.54) is 25.9 Å². The van der Waals surface area contributed by atoms with Gasteiger partial charge in [0.25, 0.3) is 0 Å². The third-order valence-electron chi connectivity index (χ3n) is 3.43. The molecule has 1 aromatic heterocycles. The van der Waals surface area contributed by atoms with Crippen LogP contribution in [-0.4, -0.2) is 43.1 Å². The molecule has 1 fully saturated rings. The molecule has 2 heterocycles. The Balaban J connectivity index is 1.83. The molecule has 100 valence electrons. The summed E-state index contributed by atoms with van der Waals surface area (Å²) in [5.74, 6) is 1.71. The molecule has 0 aliphatic carbocycles. The maximum Gasteiger partial charge on any atom is 0.127 e. The molecule has 4 heteroatoms. The standard InChI is InChI=1S/C14H24N4/c1-3-15-14-9-13(6-7-16-14)17-10-12-5-4-8-18(2)11-12/h6-7,9,12H,3-5,8,10-11H2,1-2H3,(H2,15,16,17). The Morgan fingerprint density at radius 2 is 2.33 bits per heavy atom. The smallest absolute Gasteiger partial charge is 0.127 e. The normalized spacial score (nSPS) is 20.7. The molecule has 1 unspecified atom stereocenters. The van der Waals surface area contributed by atoms with Crippen LogP contribution in [0.25, 0.3) is 0 Å². The van der Waals surface area contributed by atoms with Gasteiger partial charge >= 0.3 is 0 Å². The third-order valence-corrected chi connectivity index (χ3v) is 3.43. The number of rotatable bonds is 5. The third kappa shape index (κ3) is 3.88. The maximum absolute atomic E-state index is 4.28. The Morgan fingerprint density at radius 3 is 3.11 bits per heavy atom. The lowest BCUT2D eigenvalue weighted by atomic mass is 9.98. The van der Waals surface area contributed by atoms with Gasteiger partial charge in [-0.1, -0.05) is 0 Å². The zero-order valence-corrected chi connectivity index (χ0v) is 11.4. The quantitative estimate of drug-likeness (QED) is 0.838. The molecule has 1 atom stereocenters. The molecule has 18 heavy (non-hydrogen) atoms. The first-order chi connectivity index (χ1) is 8.78. The van der Waals surface area contributed by atoms with Gasteiger partial charge in [-0.15, -0.1) is 0 Å². The molecular formula is C14H24N4. The molecular weight excluding hydrogens is 224 g/mol. The van der Waals surface area contributed by atoms with Crippen LogP contribution in [0.4, 0.5) is 11.5 Å². The van der Waals surface area contributed by atoms with E-state index in [-0.39, 0.29) is 0 Å². The van der Waals surface area contributed by atoms with Crippen LogP contribution in [-0.2, 0) is 0 Å². The van der Waals surface area contributed by atoms with Gasteiger partial charge in [0.15, 0.2) is 0 Å². The van der Waals surface area contributed by atoms with Crippen molar-refractivity contribution in [1.82, 2.24) is 9.88 Å². The predicted molar refractivity (Wildman–Crippen MR) is 77.1 cm³/mol. The van der Waals surface area contributed by atoms with E-state index >= 15 is 0 Å². The largest absolute Gasteiger partial charge is 0.385 e. The van der Waals surface area contributed by atoms with Crippen molar-refractivity contribution in [2.45, 2.75) is 19.8 Å². The summed E-state index contributed by atoms with van der Waals surface area (Å²) in [4.78, 5) is 6.70. The van der Waals surface area contributed by atoms with Crippen molar-refractivity contribution in [3.8, 4) is 0 Å². The second-order valence-corrected chi connectivity index (χ2v) is 5.11. The average Bonchev–Trinajstić information content (AvgIpc) is 2.37.